The molecule has 0 radical (unpaired) electrons. The van der Waals surface area contributed by atoms with E-state index in [1.165, 1.54) is 11.0 Å². The predicted molar refractivity (Wildman–Crippen MR) is 85.2 cm³/mol. The molecule has 1 amide bonds. The number of carbonyl (C=O) groups is 2. The van der Waals surface area contributed by atoms with E-state index in [4.69, 9.17) is 0 Å². The first-order chi connectivity index (χ1) is 11.1. The van der Waals surface area contributed by atoms with Crippen LogP contribution in [0, 0.1) is 0 Å². The van der Waals surface area contributed by atoms with Crippen LogP contribution in [-0.4, -0.2) is 39.0 Å². The number of hydrogen-bond donors (Lipinski definition) is 1. The fourth-order valence-corrected chi connectivity index (χ4v) is 3.12. The second kappa shape index (κ2) is 6.24. The molecule has 1 aliphatic rings. The van der Waals surface area contributed by atoms with Gasteiger partial charge in [0.1, 0.15) is 12.6 Å². The molecule has 1 aromatic heterocycles. The zero-order valence-electron chi connectivity index (χ0n) is 12.6. The lowest BCUT2D eigenvalue weighted by molar-refractivity contribution is -0.152. The Morgan fingerprint density at radius 3 is 2.74 bits per heavy atom. The summed E-state index contributed by atoms with van der Waals surface area (Å²) in [6.45, 7) is 0.499. The second-order valence-corrected chi connectivity index (χ2v) is 5.76. The number of likely N-dealkylation sites (tertiary alicyclic amines) is 1. The Labute approximate surface area is 132 Å². The molecular formula is C17H18N2O4. The van der Waals surface area contributed by atoms with Crippen molar-refractivity contribution in [3.63, 3.8) is 0 Å². The van der Waals surface area contributed by atoms with Gasteiger partial charge in [-0.05, 0) is 31.4 Å². The first-order valence-electron chi connectivity index (χ1n) is 7.68. The average Bonchev–Trinajstić information content (AvgIpc) is 2.57. The fourth-order valence-electron chi connectivity index (χ4n) is 3.12. The van der Waals surface area contributed by atoms with Crippen LogP contribution in [0.15, 0.2) is 41.3 Å². The van der Waals surface area contributed by atoms with E-state index >= 15 is 0 Å². The summed E-state index contributed by atoms with van der Waals surface area (Å²) in [5, 5.41) is 9.84. The molecule has 0 spiro atoms. The van der Waals surface area contributed by atoms with E-state index in [9.17, 15) is 19.5 Å². The minimum absolute atomic E-state index is 0.0323. The smallest absolute Gasteiger partial charge is 0.326 e. The number of para-hydroxylation sites is 1. The van der Waals surface area contributed by atoms with Gasteiger partial charge in [0.05, 0.1) is 5.52 Å². The summed E-state index contributed by atoms with van der Waals surface area (Å²) < 4.78 is 1.70. The highest BCUT2D eigenvalue weighted by Gasteiger charge is 2.31. The third-order valence-electron chi connectivity index (χ3n) is 4.30. The van der Waals surface area contributed by atoms with Crippen LogP contribution in [0.4, 0.5) is 0 Å². The van der Waals surface area contributed by atoms with Gasteiger partial charge in [-0.3, -0.25) is 9.59 Å². The average molecular weight is 314 g/mol. The topological polar surface area (TPSA) is 79.6 Å². The molecular weight excluding hydrogens is 296 g/mol. The molecule has 0 bridgehead atoms. The van der Waals surface area contributed by atoms with Crippen molar-refractivity contribution in [3.8, 4) is 0 Å². The highest BCUT2D eigenvalue weighted by Crippen LogP contribution is 2.18. The summed E-state index contributed by atoms with van der Waals surface area (Å²) in [4.78, 5) is 37.2. The van der Waals surface area contributed by atoms with Gasteiger partial charge in [-0.15, -0.1) is 0 Å². The number of benzene rings is 1. The molecule has 23 heavy (non-hydrogen) atoms. The highest BCUT2D eigenvalue weighted by atomic mass is 16.4. The molecule has 1 saturated heterocycles. The van der Waals surface area contributed by atoms with Gasteiger partial charge in [0, 0.05) is 24.2 Å². The van der Waals surface area contributed by atoms with Crippen LogP contribution < -0.4 is 5.43 Å². The minimum Gasteiger partial charge on any atom is -0.480 e. The van der Waals surface area contributed by atoms with Crippen molar-refractivity contribution in [1.29, 1.82) is 0 Å². The molecule has 0 aliphatic carbocycles. The van der Waals surface area contributed by atoms with Gasteiger partial charge < -0.3 is 14.6 Å². The summed E-state index contributed by atoms with van der Waals surface area (Å²) in [5.41, 5.74) is 0.586. The number of carboxylic acids is 1. The maximum Gasteiger partial charge on any atom is 0.326 e. The maximum absolute atomic E-state index is 12.6. The summed E-state index contributed by atoms with van der Waals surface area (Å²) >= 11 is 0. The molecule has 2 heterocycles. The molecule has 0 unspecified atom stereocenters. The molecule has 2 aromatic rings. The van der Waals surface area contributed by atoms with E-state index in [-0.39, 0.29) is 17.9 Å². The zero-order valence-corrected chi connectivity index (χ0v) is 12.6. The summed E-state index contributed by atoms with van der Waals surface area (Å²) in [6, 6.07) is 7.78. The molecule has 6 heteroatoms. The van der Waals surface area contributed by atoms with Gasteiger partial charge in [0.25, 0.3) is 0 Å². The van der Waals surface area contributed by atoms with Gasteiger partial charge in [0.15, 0.2) is 5.43 Å². The van der Waals surface area contributed by atoms with Gasteiger partial charge in [-0.25, -0.2) is 4.79 Å². The maximum atomic E-state index is 12.6. The summed E-state index contributed by atoms with van der Waals surface area (Å²) in [6.07, 6.45) is 3.72. The van der Waals surface area contributed by atoms with Gasteiger partial charge in [0.2, 0.25) is 5.91 Å². The summed E-state index contributed by atoms with van der Waals surface area (Å²) in [7, 11) is 0. The number of hydrogen-bond acceptors (Lipinski definition) is 3. The van der Waals surface area contributed by atoms with E-state index in [1.807, 2.05) is 6.07 Å². The number of nitrogens with zero attached hydrogens (tertiary/aromatic N) is 2. The van der Waals surface area contributed by atoms with Crippen LogP contribution in [0.3, 0.4) is 0 Å². The lowest BCUT2D eigenvalue weighted by atomic mass is 10.0. The van der Waals surface area contributed by atoms with E-state index in [2.05, 4.69) is 0 Å². The van der Waals surface area contributed by atoms with Crippen molar-refractivity contribution in [3.05, 3.63) is 46.8 Å². The number of piperidine rings is 1. The molecule has 0 saturated carbocycles. The Morgan fingerprint density at radius 1 is 1.17 bits per heavy atom. The lowest BCUT2D eigenvalue weighted by Crippen LogP contribution is -2.49. The van der Waals surface area contributed by atoms with Crippen molar-refractivity contribution >= 4 is 22.8 Å². The molecule has 3 rings (SSSR count). The Kier molecular flexibility index (Phi) is 4.14. The Hall–Kier alpha value is -2.63. The SMILES string of the molecule is O=C(O)[C@@H]1CCCCN1C(=O)Cn1ccc(=O)c2ccccc21. The molecule has 1 aromatic carbocycles. The molecule has 6 nitrogen and oxygen atoms in total. The van der Waals surface area contributed by atoms with E-state index in [0.717, 1.165) is 12.8 Å². The molecule has 1 atom stereocenters. The van der Waals surface area contributed by atoms with Crippen LogP contribution in [-0.2, 0) is 16.1 Å². The number of carboxylic acid groups (broad SMARTS) is 1. The first kappa shape index (κ1) is 15.3. The van der Waals surface area contributed by atoms with E-state index in [0.29, 0.717) is 23.9 Å². The van der Waals surface area contributed by atoms with E-state index in [1.54, 1.807) is 29.0 Å². The van der Waals surface area contributed by atoms with Crippen LogP contribution in [0.1, 0.15) is 19.3 Å². The Morgan fingerprint density at radius 2 is 1.96 bits per heavy atom. The second-order valence-electron chi connectivity index (χ2n) is 5.76. The molecule has 120 valence electrons. The fraction of sp³-hybridized carbons (Fsp3) is 0.353. The number of aromatic nitrogens is 1. The Bertz CT molecular complexity index is 812. The van der Waals surface area contributed by atoms with Crippen molar-refractivity contribution in [2.24, 2.45) is 0 Å². The number of aliphatic carboxylic acids is 1. The van der Waals surface area contributed by atoms with Gasteiger partial charge >= 0.3 is 5.97 Å². The largest absolute Gasteiger partial charge is 0.480 e. The number of pyridine rings is 1. The lowest BCUT2D eigenvalue weighted by Gasteiger charge is -2.33. The number of rotatable bonds is 3. The first-order valence-corrected chi connectivity index (χ1v) is 7.68. The van der Waals surface area contributed by atoms with Crippen molar-refractivity contribution in [2.45, 2.75) is 31.8 Å². The zero-order chi connectivity index (χ0) is 16.4. The number of amides is 1. The quantitative estimate of drug-likeness (QED) is 0.930. The standard InChI is InChI=1S/C17H18N2O4/c20-15-8-10-18(13-6-2-1-5-12(13)15)11-16(21)19-9-4-3-7-14(19)17(22)23/h1-2,5-6,8,10,14H,3-4,7,9,11H2,(H,22,23)/t14-/m0/s1. The van der Waals surface area contributed by atoms with Crippen molar-refractivity contribution < 1.29 is 14.7 Å². The van der Waals surface area contributed by atoms with Crippen molar-refractivity contribution in [1.82, 2.24) is 9.47 Å². The molecule has 1 fully saturated rings. The highest BCUT2D eigenvalue weighted by molar-refractivity contribution is 5.85. The van der Waals surface area contributed by atoms with Gasteiger partial charge in [-0.1, -0.05) is 12.1 Å². The monoisotopic (exact) mass is 314 g/mol. The third-order valence-corrected chi connectivity index (χ3v) is 4.30. The van der Waals surface area contributed by atoms with Crippen LogP contribution in [0.25, 0.3) is 10.9 Å². The van der Waals surface area contributed by atoms with Crippen molar-refractivity contribution in [2.75, 3.05) is 6.54 Å². The van der Waals surface area contributed by atoms with Crippen LogP contribution >= 0.6 is 0 Å². The normalized spacial score (nSPS) is 18.1. The minimum atomic E-state index is -0.956. The number of fused-ring (bicyclic) bond motifs is 1. The molecule has 1 aliphatic heterocycles. The van der Waals surface area contributed by atoms with Crippen LogP contribution in [0.2, 0.25) is 0 Å². The van der Waals surface area contributed by atoms with E-state index < -0.39 is 12.0 Å². The molecule has 1 N–H and O–H groups in total. The van der Waals surface area contributed by atoms with Crippen LogP contribution in [0.5, 0.6) is 0 Å². The third kappa shape index (κ3) is 2.97. The predicted octanol–water partition coefficient (Wildman–Crippen LogP) is 1.47. The van der Waals surface area contributed by atoms with Gasteiger partial charge in [-0.2, -0.15) is 0 Å². The summed E-state index contributed by atoms with van der Waals surface area (Å²) in [5.74, 6) is -1.19. The Balaban J connectivity index is 1.90. The number of carbonyl (C=O) groups excluding carboxylic acids is 1.